The summed E-state index contributed by atoms with van der Waals surface area (Å²) < 4.78 is 1.65. The number of aryl methyl sites for hydroxylation is 1. The summed E-state index contributed by atoms with van der Waals surface area (Å²) in [6, 6.07) is 10.7. The fraction of sp³-hybridized carbons (Fsp3) is 0.176. The molecule has 1 aromatic carbocycles. The van der Waals surface area contributed by atoms with Crippen LogP contribution in [0.1, 0.15) is 18.5 Å². The summed E-state index contributed by atoms with van der Waals surface area (Å²) in [7, 11) is 1.82. The van der Waals surface area contributed by atoms with Gasteiger partial charge in [0.15, 0.2) is 5.82 Å². The highest BCUT2D eigenvalue weighted by Crippen LogP contribution is 2.18. The Labute approximate surface area is 139 Å². The number of anilines is 1. The van der Waals surface area contributed by atoms with Gasteiger partial charge in [-0.3, -0.25) is 9.67 Å². The van der Waals surface area contributed by atoms with Crippen LogP contribution in [-0.2, 0) is 7.05 Å². The highest BCUT2D eigenvalue weighted by molar-refractivity contribution is 5.89. The molecule has 0 spiro atoms. The highest BCUT2D eigenvalue weighted by Gasteiger charge is 2.10. The number of carbonyl (C=O) groups excluding carboxylic acids is 1. The topological polar surface area (TPSA) is 84.7 Å². The van der Waals surface area contributed by atoms with Gasteiger partial charge in [-0.25, -0.2) is 9.78 Å². The van der Waals surface area contributed by atoms with Gasteiger partial charge >= 0.3 is 6.03 Å². The average Bonchev–Trinajstić information content (AvgIpc) is 3.02. The summed E-state index contributed by atoms with van der Waals surface area (Å²) in [6.45, 7) is 1.91. The molecule has 122 valence electrons. The molecule has 2 N–H and O–H groups in total. The van der Waals surface area contributed by atoms with Crippen LogP contribution in [0, 0.1) is 0 Å². The number of carbonyl (C=O) groups is 1. The van der Waals surface area contributed by atoms with E-state index >= 15 is 0 Å². The van der Waals surface area contributed by atoms with Gasteiger partial charge in [0, 0.05) is 30.7 Å². The highest BCUT2D eigenvalue weighted by atomic mass is 16.2. The molecular formula is C17H18N6O. The van der Waals surface area contributed by atoms with Gasteiger partial charge in [-0.2, -0.15) is 5.10 Å². The van der Waals surface area contributed by atoms with Gasteiger partial charge in [-0.1, -0.05) is 6.07 Å². The van der Waals surface area contributed by atoms with Crippen molar-refractivity contribution in [2.75, 3.05) is 5.32 Å². The average molecular weight is 322 g/mol. The molecule has 2 aromatic heterocycles. The van der Waals surface area contributed by atoms with Crippen LogP contribution < -0.4 is 10.6 Å². The van der Waals surface area contributed by atoms with Crippen molar-refractivity contribution in [3.05, 3.63) is 60.7 Å². The molecule has 0 aliphatic heterocycles. The molecule has 1 atom stereocenters. The summed E-state index contributed by atoms with van der Waals surface area (Å²) in [5.74, 6) is 0.652. The number of hydrogen-bond donors (Lipinski definition) is 2. The standard InChI is InChI=1S/C17H18N6O/c1-12(14-4-3-9-18-10-14)20-17(24)21-15-7-5-13(6-8-15)16-19-11-23(2)22-16/h3-12H,1-2H3,(H2,20,21,24). The lowest BCUT2D eigenvalue weighted by atomic mass is 10.1. The van der Waals surface area contributed by atoms with Crippen molar-refractivity contribution >= 4 is 11.7 Å². The summed E-state index contributed by atoms with van der Waals surface area (Å²) in [4.78, 5) is 20.3. The van der Waals surface area contributed by atoms with Crippen molar-refractivity contribution in [1.82, 2.24) is 25.1 Å². The maximum atomic E-state index is 12.1. The number of urea groups is 1. The zero-order valence-corrected chi connectivity index (χ0v) is 13.5. The van der Waals surface area contributed by atoms with Crippen molar-refractivity contribution < 1.29 is 4.79 Å². The first-order chi connectivity index (χ1) is 11.6. The smallest absolute Gasteiger partial charge is 0.319 e. The second kappa shape index (κ2) is 6.91. The van der Waals surface area contributed by atoms with Crippen LogP contribution in [0.2, 0.25) is 0 Å². The Morgan fingerprint density at radius 2 is 2.00 bits per heavy atom. The minimum Gasteiger partial charge on any atom is -0.331 e. The molecule has 0 radical (unpaired) electrons. The van der Waals surface area contributed by atoms with E-state index < -0.39 is 0 Å². The first-order valence-electron chi connectivity index (χ1n) is 7.55. The minimum atomic E-state index is -0.268. The zero-order chi connectivity index (χ0) is 16.9. The Hall–Kier alpha value is -3.22. The van der Waals surface area contributed by atoms with Gasteiger partial charge in [0.25, 0.3) is 0 Å². The largest absolute Gasteiger partial charge is 0.331 e. The Kier molecular flexibility index (Phi) is 4.51. The van der Waals surface area contributed by atoms with Crippen molar-refractivity contribution in [2.24, 2.45) is 7.05 Å². The molecule has 0 aliphatic carbocycles. The molecule has 7 nitrogen and oxygen atoms in total. The van der Waals surface area contributed by atoms with Crippen LogP contribution in [0.5, 0.6) is 0 Å². The SMILES string of the molecule is CC(NC(=O)Nc1ccc(-c2ncn(C)n2)cc1)c1cccnc1. The molecule has 24 heavy (non-hydrogen) atoms. The van der Waals surface area contributed by atoms with Crippen molar-refractivity contribution in [1.29, 1.82) is 0 Å². The van der Waals surface area contributed by atoms with Gasteiger partial charge in [0.05, 0.1) is 6.04 Å². The lowest BCUT2D eigenvalue weighted by Gasteiger charge is -2.14. The Bertz CT molecular complexity index is 813. The first-order valence-corrected chi connectivity index (χ1v) is 7.55. The van der Waals surface area contributed by atoms with E-state index in [1.165, 1.54) is 0 Å². The second-order valence-corrected chi connectivity index (χ2v) is 5.43. The number of nitrogens with one attached hydrogen (secondary N) is 2. The van der Waals surface area contributed by atoms with Gasteiger partial charge in [0.1, 0.15) is 6.33 Å². The van der Waals surface area contributed by atoms with E-state index in [1.54, 1.807) is 23.4 Å². The molecule has 7 heteroatoms. The number of pyridine rings is 1. The predicted molar refractivity (Wildman–Crippen MR) is 91.2 cm³/mol. The number of amides is 2. The predicted octanol–water partition coefficient (Wildman–Crippen LogP) is 2.76. The molecule has 0 bridgehead atoms. The molecule has 0 saturated heterocycles. The fourth-order valence-electron chi connectivity index (χ4n) is 2.25. The third kappa shape index (κ3) is 3.75. The molecule has 2 heterocycles. The summed E-state index contributed by atoms with van der Waals surface area (Å²) >= 11 is 0. The van der Waals surface area contributed by atoms with Gasteiger partial charge in [0.2, 0.25) is 0 Å². The van der Waals surface area contributed by atoms with Crippen LogP contribution in [0.15, 0.2) is 55.1 Å². The maximum absolute atomic E-state index is 12.1. The van der Waals surface area contributed by atoms with Gasteiger partial charge in [-0.15, -0.1) is 0 Å². The number of hydrogen-bond acceptors (Lipinski definition) is 4. The van der Waals surface area contributed by atoms with Gasteiger partial charge < -0.3 is 10.6 Å². The third-order valence-electron chi connectivity index (χ3n) is 3.53. The van der Waals surface area contributed by atoms with E-state index in [0.717, 1.165) is 11.1 Å². The Morgan fingerprint density at radius 1 is 1.21 bits per heavy atom. The molecule has 2 amide bonds. The first kappa shape index (κ1) is 15.7. The number of benzene rings is 1. The molecule has 3 rings (SSSR count). The van der Waals surface area contributed by atoms with Gasteiger partial charge in [-0.05, 0) is 42.8 Å². The molecule has 0 saturated carbocycles. The lowest BCUT2D eigenvalue weighted by molar-refractivity contribution is 0.249. The Morgan fingerprint density at radius 3 is 2.62 bits per heavy atom. The van der Waals surface area contributed by atoms with E-state index in [4.69, 9.17) is 0 Å². The van der Waals surface area contributed by atoms with E-state index in [1.807, 2.05) is 50.4 Å². The maximum Gasteiger partial charge on any atom is 0.319 e. The van der Waals surface area contributed by atoms with Crippen molar-refractivity contribution in [2.45, 2.75) is 13.0 Å². The van der Waals surface area contributed by atoms with Crippen LogP contribution >= 0.6 is 0 Å². The van der Waals surface area contributed by atoms with Crippen LogP contribution in [0.4, 0.5) is 10.5 Å². The molecule has 0 fully saturated rings. The summed E-state index contributed by atoms with van der Waals surface area (Å²) in [6.07, 6.45) is 5.09. The third-order valence-corrected chi connectivity index (χ3v) is 3.53. The molecule has 0 aliphatic rings. The normalized spacial score (nSPS) is 11.8. The fourth-order valence-corrected chi connectivity index (χ4v) is 2.25. The quantitative estimate of drug-likeness (QED) is 0.773. The second-order valence-electron chi connectivity index (χ2n) is 5.43. The van der Waals surface area contributed by atoms with Crippen LogP contribution in [0.25, 0.3) is 11.4 Å². The molecule has 3 aromatic rings. The van der Waals surface area contributed by atoms with Crippen molar-refractivity contribution in [3.8, 4) is 11.4 Å². The minimum absolute atomic E-state index is 0.129. The van der Waals surface area contributed by atoms with E-state index in [0.29, 0.717) is 11.5 Å². The van der Waals surface area contributed by atoms with E-state index in [2.05, 4.69) is 25.7 Å². The van der Waals surface area contributed by atoms with E-state index in [9.17, 15) is 4.79 Å². The Balaban J connectivity index is 1.60. The summed E-state index contributed by atoms with van der Waals surface area (Å²) in [5.41, 5.74) is 2.54. The number of rotatable bonds is 4. The molecular weight excluding hydrogens is 304 g/mol. The monoisotopic (exact) mass is 322 g/mol. The van der Waals surface area contributed by atoms with E-state index in [-0.39, 0.29) is 12.1 Å². The lowest BCUT2D eigenvalue weighted by Crippen LogP contribution is -2.31. The molecule has 1 unspecified atom stereocenters. The van der Waals surface area contributed by atoms with Crippen molar-refractivity contribution in [3.63, 3.8) is 0 Å². The number of nitrogens with zero attached hydrogens (tertiary/aromatic N) is 4. The van der Waals surface area contributed by atoms with Crippen LogP contribution in [-0.4, -0.2) is 25.8 Å². The zero-order valence-electron chi connectivity index (χ0n) is 13.5. The summed E-state index contributed by atoms with van der Waals surface area (Å²) in [5, 5.41) is 9.93. The number of aromatic nitrogens is 4. The van der Waals surface area contributed by atoms with Crippen LogP contribution in [0.3, 0.4) is 0 Å².